The number of benzene rings is 2. The molecule has 0 saturated heterocycles. The van der Waals surface area contributed by atoms with Gasteiger partial charge in [0, 0.05) is 17.8 Å². The fourth-order valence-electron chi connectivity index (χ4n) is 2.86. The molecule has 0 atom stereocenters. The number of anilines is 1. The standard InChI is InChI=1S/C21H18F3N5O2/c22-21(23,24)14-6-4-12(5-7-14)8-18(30)28-15-3-1-2-13(9-15)17-11-27-16(10-25)19(29-17)20(26)31/h1-7,9,11H,8,10,25H2,(H2,26,31)(H,28,30). The third-order valence-corrected chi connectivity index (χ3v) is 4.36. The molecule has 2 amide bonds. The molecule has 2 aromatic carbocycles. The zero-order valence-electron chi connectivity index (χ0n) is 16.1. The largest absolute Gasteiger partial charge is 0.416 e. The van der Waals surface area contributed by atoms with Crippen LogP contribution in [0.1, 0.15) is 27.3 Å². The van der Waals surface area contributed by atoms with Gasteiger partial charge >= 0.3 is 6.18 Å². The average molecular weight is 429 g/mol. The second-order valence-electron chi connectivity index (χ2n) is 6.62. The van der Waals surface area contributed by atoms with Gasteiger partial charge in [0.15, 0.2) is 5.69 Å². The van der Waals surface area contributed by atoms with E-state index in [0.717, 1.165) is 12.1 Å². The number of hydrogen-bond acceptors (Lipinski definition) is 5. The first-order valence-electron chi connectivity index (χ1n) is 9.09. The lowest BCUT2D eigenvalue weighted by Crippen LogP contribution is -2.19. The van der Waals surface area contributed by atoms with Crippen molar-refractivity contribution in [1.82, 2.24) is 9.97 Å². The molecule has 3 rings (SSSR count). The van der Waals surface area contributed by atoms with Crippen LogP contribution in [0.5, 0.6) is 0 Å². The normalized spacial score (nSPS) is 11.2. The molecule has 0 saturated carbocycles. The number of primary amides is 1. The van der Waals surface area contributed by atoms with E-state index in [1.54, 1.807) is 24.3 Å². The van der Waals surface area contributed by atoms with Crippen LogP contribution >= 0.6 is 0 Å². The van der Waals surface area contributed by atoms with Crippen LogP contribution in [-0.2, 0) is 23.9 Å². The Labute approximate surface area is 175 Å². The maximum Gasteiger partial charge on any atom is 0.416 e. The molecule has 0 aliphatic heterocycles. The Balaban J connectivity index is 1.74. The van der Waals surface area contributed by atoms with E-state index in [1.807, 2.05) is 0 Å². The summed E-state index contributed by atoms with van der Waals surface area (Å²) in [5.74, 6) is -1.16. The molecular weight excluding hydrogens is 411 g/mol. The van der Waals surface area contributed by atoms with E-state index < -0.39 is 23.6 Å². The van der Waals surface area contributed by atoms with Crippen LogP contribution in [0.3, 0.4) is 0 Å². The molecule has 0 fully saturated rings. The lowest BCUT2D eigenvalue weighted by molar-refractivity contribution is -0.137. The zero-order valence-corrected chi connectivity index (χ0v) is 16.1. The Kier molecular flexibility index (Phi) is 6.30. The number of rotatable bonds is 6. The first-order valence-corrected chi connectivity index (χ1v) is 9.09. The number of carbonyl (C=O) groups excluding carboxylic acids is 2. The molecule has 0 bridgehead atoms. The van der Waals surface area contributed by atoms with Crippen LogP contribution in [-0.4, -0.2) is 21.8 Å². The van der Waals surface area contributed by atoms with Gasteiger partial charge in [0.25, 0.3) is 5.91 Å². The summed E-state index contributed by atoms with van der Waals surface area (Å²) in [6.07, 6.45) is -3.09. The number of aromatic nitrogens is 2. The van der Waals surface area contributed by atoms with Gasteiger partial charge in [-0.3, -0.25) is 14.6 Å². The fourth-order valence-corrected chi connectivity index (χ4v) is 2.86. The molecule has 3 aromatic rings. The summed E-state index contributed by atoms with van der Waals surface area (Å²) in [5.41, 5.74) is 12.2. The minimum atomic E-state index is -4.43. The van der Waals surface area contributed by atoms with Crippen molar-refractivity contribution in [1.29, 1.82) is 0 Å². The molecule has 10 heteroatoms. The van der Waals surface area contributed by atoms with Crippen molar-refractivity contribution in [3.63, 3.8) is 0 Å². The Hall–Kier alpha value is -3.79. The van der Waals surface area contributed by atoms with Crippen molar-refractivity contribution < 1.29 is 22.8 Å². The minimum absolute atomic E-state index is 0.00556. The molecule has 0 aliphatic rings. The van der Waals surface area contributed by atoms with Gasteiger partial charge in [0.1, 0.15) is 0 Å². The van der Waals surface area contributed by atoms with Gasteiger partial charge < -0.3 is 16.8 Å². The molecular formula is C21H18F3N5O2. The molecule has 7 nitrogen and oxygen atoms in total. The van der Waals surface area contributed by atoms with Crippen molar-refractivity contribution >= 4 is 17.5 Å². The number of nitrogens with one attached hydrogen (secondary N) is 1. The van der Waals surface area contributed by atoms with E-state index >= 15 is 0 Å². The highest BCUT2D eigenvalue weighted by Crippen LogP contribution is 2.29. The van der Waals surface area contributed by atoms with E-state index in [9.17, 15) is 22.8 Å². The van der Waals surface area contributed by atoms with Crippen LogP contribution in [0.25, 0.3) is 11.3 Å². The number of amides is 2. The fraction of sp³-hybridized carbons (Fsp3) is 0.143. The van der Waals surface area contributed by atoms with E-state index in [0.29, 0.717) is 22.5 Å². The van der Waals surface area contributed by atoms with E-state index in [-0.39, 0.29) is 24.4 Å². The monoisotopic (exact) mass is 429 g/mol. The maximum atomic E-state index is 12.6. The molecule has 5 N–H and O–H groups in total. The van der Waals surface area contributed by atoms with Crippen molar-refractivity contribution in [2.45, 2.75) is 19.1 Å². The van der Waals surface area contributed by atoms with Crippen LogP contribution in [0, 0.1) is 0 Å². The summed E-state index contributed by atoms with van der Waals surface area (Å²) in [4.78, 5) is 32.2. The van der Waals surface area contributed by atoms with Crippen LogP contribution in [0.4, 0.5) is 18.9 Å². The molecule has 0 unspecified atom stereocenters. The minimum Gasteiger partial charge on any atom is -0.364 e. The molecule has 160 valence electrons. The second kappa shape index (κ2) is 8.92. The van der Waals surface area contributed by atoms with Gasteiger partial charge in [-0.15, -0.1) is 0 Å². The Bertz CT molecular complexity index is 1110. The van der Waals surface area contributed by atoms with E-state index in [1.165, 1.54) is 18.3 Å². The molecule has 0 spiro atoms. The Morgan fingerprint density at radius 1 is 1.06 bits per heavy atom. The first-order chi connectivity index (χ1) is 14.7. The second-order valence-corrected chi connectivity index (χ2v) is 6.62. The predicted octanol–water partition coefficient (Wildman–Crippen LogP) is 2.90. The summed E-state index contributed by atoms with van der Waals surface area (Å²) in [6.45, 7) is 0.00556. The predicted molar refractivity (Wildman–Crippen MR) is 108 cm³/mol. The van der Waals surface area contributed by atoms with E-state index in [4.69, 9.17) is 11.5 Å². The van der Waals surface area contributed by atoms with Gasteiger partial charge in [-0.25, -0.2) is 4.98 Å². The van der Waals surface area contributed by atoms with Gasteiger partial charge in [-0.1, -0.05) is 24.3 Å². The number of hydrogen-bond donors (Lipinski definition) is 3. The number of nitrogens with zero attached hydrogens (tertiary/aromatic N) is 2. The molecule has 0 radical (unpaired) electrons. The topological polar surface area (TPSA) is 124 Å². The summed E-state index contributed by atoms with van der Waals surface area (Å²) >= 11 is 0. The quantitative estimate of drug-likeness (QED) is 0.556. The van der Waals surface area contributed by atoms with Crippen LogP contribution < -0.4 is 16.8 Å². The van der Waals surface area contributed by atoms with Crippen molar-refractivity contribution in [2.75, 3.05) is 5.32 Å². The van der Waals surface area contributed by atoms with Gasteiger partial charge in [-0.05, 0) is 29.8 Å². The van der Waals surface area contributed by atoms with Crippen molar-refractivity contribution in [2.24, 2.45) is 11.5 Å². The zero-order chi connectivity index (χ0) is 22.6. The van der Waals surface area contributed by atoms with Crippen LogP contribution in [0.2, 0.25) is 0 Å². The Morgan fingerprint density at radius 2 is 1.77 bits per heavy atom. The molecule has 31 heavy (non-hydrogen) atoms. The maximum absolute atomic E-state index is 12.6. The molecule has 0 aliphatic carbocycles. The Morgan fingerprint density at radius 3 is 2.39 bits per heavy atom. The summed E-state index contributed by atoms with van der Waals surface area (Å²) in [7, 11) is 0. The number of alkyl halides is 3. The third-order valence-electron chi connectivity index (χ3n) is 4.36. The molecule has 1 heterocycles. The number of carbonyl (C=O) groups is 2. The number of halogens is 3. The highest BCUT2D eigenvalue weighted by Gasteiger charge is 2.30. The van der Waals surface area contributed by atoms with Crippen molar-refractivity contribution in [3.05, 3.63) is 77.2 Å². The van der Waals surface area contributed by atoms with Gasteiger partial charge in [0.05, 0.1) is 29.6 Å². The summed E-state index contributed by atoms with van der Waals surface area (Å²) in [6, 6.07) is 11.0. The summed E-state index contributed by atoms with van der Waals surface area (Å²) in [5, 5.41) is 2.68. The molecule has 1 aromatic heterocycles. The van der Waals surface area contributed by atoms with E-state index in [2.05, 4.69) is 15.3 Å². The first kappa shape index (κ1) is 21.9. The lowest BCUT2D eigenvalue weighted by Gasteiger charge is -2.10. The average Bonchev–Trinajstić information content (AvgIpc) is 2.73. The summed E-state index contributed by atoms with van der Waals surface area (Å²) < 4.78 is 37.9. The highest BCUT2D eigenvalue weighted by atomic mass is 19.4. The third kappa shape index (κ3) is 5.43. The highest BCUT2D eigenvalue weighted by molar-refractivity contribution is 5.93. The van der Waals surface area contributed by atoms with Crippen molar-refractivity contribution in [3.8, 4) is 11.3 Å². The van der Waals surface area contributed by atoms with Gasteiger partial charge in [0.2, 0.25) is 5.91 Å². The lowest BCUT2D eigenvalue weighted by atomic mass is 10.1. The smallest absolute Gasteiger partial charge is 0.364 e. The van der Waals surface area contributed by atoms with Gasteiger partial charge in [-0.2, -0.15) is 13.2 Å². The number of nitrogens with two attached hydrogens (primary N) is 2. The SMILES string of the molecule is NCc1ncc(-c2cccc(NC(=O)Cc3ccc(C(F)(F)F)cc3)c2)nc1C(N)=O. The van der Waals surface area contributed by atoms with Crippen LogP contribution in [0.15, 0.2) is 54.7 Å².